The van der Waals surface area contributed by atoms with Crippen LogP contribution >= 0.6 is 0 Å². The van der Waals surface area contributed by atoms with E-state index in [4.69, 9.17) is 0 Å². The molecule has 1 unspecified atom stereocenters. The van der Waals surface area contributed by atoms with Crippen LogP contribution < -0.4 is 5.32 Å². The predicted octanol–water partition coefficient (Wildman–Crippen LogP) is 4.13. The number of amides is 1. The van der Waals surface area contributed by atoms with Gasteiger partial charge in [-0.3, -0.25) is 9.78 Å². The lowest BCUT2D eigenvalue weighted by Crippen LogP contribution is -2.46. The summed E-state index contributed by atoms with van der Waals surface area (Å²) in [5.41, 5.74) is 2.90. The summed E-state index contributed by atoms with van der Waals surface area (Å²) in [6.07, 6.45) is 8.09. The Bertz CT molecular complexity index is 888. The number of aromatic nitrogens is 2. The molecule has 2 atom stereocenters. The summed E-state index contributed by atoms with van der Waals surface area (Å²) < 4.78 is 0. The number of benzene rings is 1. The molecule has 0 aliphatic heterocycles. The number of nitrogens with zero attached hydrogens (tertiary/aromatic N) is 2. The Morgan fingerprint density at radius 1 is 1.25 bits per heavy atom. The van der Waals surface area contributed by atoms with Crippen molar-refractivity contribution >= 4 is 16.8 Å². The number of aromatic amines is 1. The van der Waals surface area contributed by atoms with Crippen LogP contribution in [0.2, 0.25) is 0 Å². The molecule has 0 radical (unpaired) electrons. The van der Waals surface area contributed by atoms with Gasteiger partial charge in [-0.25, -0.2) is 0 Å². The van der Waals surface area contributed by atoms with E-state index in [-0.39, 0.29) is 11.9 Å². The fraction of sp³-hybridized carbons (Fsp3) is 0.391. The van der Waals surface area contributed by atoms with Crippen molar-refractivity contribution in [3.63, 3.8) is 0 Å². The lowest BCUT2D eigenvalue weighted by atomic mass is 9.89. The standard InChI is InChI=1S/C23H28N4O/c1-2-27(23(28)22-13-18-8-3-4-11-21(18)26-22)20-10-5-9-19(14-20)25-16-17-7-6-12-24-15-17/h3-4,6-8,11-13,15,19-20,25-26H,2,5,9-10,14,16H2,1H3/t19-,20?/m1/s1. The number of nitrogens with one attached hydrogen (secondary N) is 2. The molecule has 1 aliphatic rings. The molecule has 5 nitrogen and oxygen atoms in total. The van der Waals surface area contributed by atoms with Crippen molar-refractivity contribution in [1.82, 2.24) is 20.2 Å². The van der Waals surface area contributed by atoms with Gasteiger partial charge in [0.15, 0.2) is 0 Å². The Labute approximate surface area is 166 Å². The highest BCUT2D eigenvalue weighted by molar-refractivity contribution is 5.98. The van der Waals surface area contributed by atoms with Crippen molar-refractivity contribution in [2.45, 2.75) is 51.2 Å². The minimum Gasteiger partial charge on any atom is -0.351 e. The Kier molecular flexibility index (Phi) is 5.72. The highest BCUT2D eigenvalue weighted by Crippen LogP contribution is 2.25. The van der Waals surface area contributed by atoms with Crippen molar-refractivity contribution in [2.24, 2.45) is 0 Å². The summed E-state index contributed by atoms with van der Waals surface area (Å²) in [5.74, 6) is 0.108. The molecule has 3 aromatic rings. The molecule has 4 rings (SSSR count). The van der Waals surface area contributed by atoms with E-state index >= 15 is 0 Å². The van der Waals surface area contributed by atoms with Gasteiger partial charge in [-0.2, -0.15) is 0 Å². The van der Waals surface area contributed by atoms with Gasteiger partial charge in [-0.15, -0.1) is 0 Å². The van der Waals surface area contributed by atoms with Gasteiger partial charge in [0.25, 0.3) is 5.91 Å². The summed E-state index contributed by atoms with van der Waals surface area (Å²) in [6, 6.07) is 14.8. The van der Waals surface area contributed by atoms with E-state index in [1.165, 1.54) is 5.56 Å². The first-order chi connectivity index (χ1) is 13.7. The van der Waals surface area contributed by atoms with E-state index < -0.39 is 0 Å². The lowest BCUT2D eigenvalue weighted by Gasteiger charge is -2.37. The summed E-state index contributed by atoms with van der Waals surface area (Å²) >= 11 is 0. The average Bonchev–Trinajstić information content (AvgIpc) is 3.18. The molecule has 1 aromatic carbocycles. The molecule has 0 saturated heterocycles. The molecule has 2 N–H and O–H groups in total. The molecule has 0 spiro atoms. The summed E-state index contributed by atoms with van der Waals surface area (Å²) in [5, 5.41) is 4.75. The first-order valence-corrected chi connectivity index (χ1v) is 10.3. The van der Waals surface area contributed by atoms with Crippen LogP contribution in [0.4, 0.5) is 0 Å². The Balaban J connectivity index is 1.42. The number of carbonyl (C=O) groups excluding carboxylic acids is 1. The monoisotopic (exact) mass is 376 g/mol. The van der Waals surface area contributed by atoms with Crippen LogP contribution in [-0.2, 0) is 6.54 Å². The zero-order valence-electron chi connectivity index (χ0n) is 16.4. The number of pyridine rings is 1. The molecular formula is C23H28N4O. The molecular weight excluding hydrogens is 348 g/mol. The predicted molar refractivity (Wildman–Crippen MR) is 112 cm³/mol. The van der Waals surface area contributed by atoms with Gasteiger partial charge >= 0.3 is 0 Å². The Hall–Kier alpha value is -2.66. The van der Waals surface area contributed by atoms with Crippen LogP contribution in [0.25, 0.3) is 10.9 Å². The van der Waals surface area contributed by atoms with Crippen molar-refractivity contribution in [3.8, 4) is 0 Å². The third-order valence-corrected chi connectivity index (χ3v) is 5.77. The second-order valence-corrected chi connectivity index (χ2v) is 7.62. The number of para-hydroxylation sites is 1. The molecule has 1 aliphatic carbocycles. The third kappa shape index (κ3) is 4.09. The Morgan fingerprint density at radius 3 is 2.93 bits per heavy atom. The first-order valence-electron chi connectivity index (χ1n) is 10.3. The van der Waals surface area contributed by atoms with Gasteiger partial charge in [0.1, 0.15) is 5.69 Å². The van der Waals surface area contributed by atoms with Gasteiger partial charge in [0, 0.05) is 48.5 Å². The SMILES string of the molecule is CCN(C(=O)c1cc2ccccc2[nH]1)C1CCC[C@@H](NCc2cccnc2)C1. The molecule has 1 saturated carbocycles. The lowest BCUT2D eigenvalue weighted by molar-refractivity contribution is 0.0623. The van der Waals surface area contributed by atoms with Gasteiger partial charge < -0.3 is 15.2 Å². The van der Waals surface area contributed by atoms with Crippen molar-refractivity contribution < 1.29 is 4.79 Å². The minimum atomic E-state index is 0.108. The zero-order valence-corrected chi connectivity index (χ0v) is 16.4. The normalized spacial score (nSPS) is 19.6. The number of hydrogen-bond donors (Lipinski definition) is 2. The van der Waals surface area contributed by atoms with Gasteiger partial charge in [-0.1, -0.05) is 24.3 Å². The van der Waals surface area contributed by atoms with Crippen LogP contribution in [0, 0.1) is 0 Å². The van der Waals surface area contributed by atoms with E-state index in [9.17, 15) is 4.79 Å². The Morgan fingerprint density at radius 2 is 2.14 bits per heavy atom. The molecule has 28 heavy (non-hydrogen) atoms. The summed E-state index contributed by atoms with van der Waals surface area (Å²) in [6.45, 7) is 3.63. The van der Waals surface area contributed by atoms with Gasteiger partial charge in [-0.05, 0) is 56.4 Å². The smallest absolute Gasteiger partial charge is 0.270 e. The quantitative estimate of drug-likeness (QED) is 0.680. The first kappa shape index (κ1) is 18.7. The molecule has 2 heterocycles. The number of carbonyl (C=O) groups is 1. The van der Waals surface area contributed by atoms with Crippen LogP contribution in [0.5, 0.6) is 0 Å². The van der Waals surface area contributed by atoms with E-state index in [0.717, 1.165) is 49.7 Å². The van der Waals surface area contributed by atoms with Crippen LogP contribution in [-0.4, -0.2) is 39.4 Å². The number of hydrogen-bond acceptors (Lipinski definition) is 3. The fourth-order valence-corrected chi connectivity index (χ4v) is 4.31. The van der Waals surface area contributed by atoms with Crippen LogP contribution in [0.3, 0.4) is 0 Å². The van der Waals surface area contributed by atoms with Crippen LogP contribution in [0.1, 0.15) is 48.7 Å². The van der Waals surface area contributed by atoms with Gasteiger partial charge in [0.05, 0.1) is 0 Å². The second kappa shape index (κ2) is 8.57. The fourth-order valence-electron chi connectivity index (χ4n) is 4.31. The maximum Gasteiger partial charge on any atom is 0.270 e. The van der Waals surface area contributed by atoms with E-state index in [1.54, 1.807) is 6.20 Å². The largest absolute Gasteiger partial charge is 0.351 e. The highest BCUT2D eigenvalue weighted by atomic mass is 16.2. The number of fused-ring (bicyclic) bond motifs is 1. The molecule has 2 aromatic heterocycles. The zero-order chi connectivity index (χ0) is 19.3. The van der Waals surface area contributed by atoms with Crippen LogP contribution in [0.15, 0.2) is 54.9 Å². The van der Waals surface area contributed by atoms with Gasteiger partial charge in [0.2, 0.25) is 0 Å². The van der Waals surface area contributed by atoms with E-state index in [1.807, 2.05) is 47.5 Å². The van der Waals surface area contributed by atoms with E-state index in [0.29, 0.717) is 11.7 Å². The third-order valence-electron chi connectivity index (χ3n) is 5.77. The van der Waals surface area contributed by atoms with Crippen molar-refractivity contribution in [2.75, 3.05) is 6.54 Å². The maximum atomic E-state index is 13.2. The van der Waals surface area contributed by atoms with Crippen molar-refractivity contribution in [3.05, 3.63) is 66.1 Å². The van der Waals surface area contributed by atoms with Crippen molar-refractivity contribution in [1.29, 1.82) is 0 Å². The number of H-pyrrole nitrogens is 1. The average molecular weight is 377 g/mol. The molecule has 1 fully saturated rings. The maximum absolute atomic E-state index is 13.2. The molecule has 0 bridgehead atoms. The molecule has 1 amide bonds. The topological polar surface area (TPSA) is 61.0 Å². The summed E-state index contributed by atoms with van der Waals surface area (Å²) in [7, 11) is 0. The second-order valence-electron chi connectivity index (χ2n) is 7.62. The summed E-state index contributed by atoms with van der Waals surface area (Å²) in [4.78, 5) is 22.7. The molecule has 5 heteroatoms. The van der Waals surface area contributed by atoms with E-state index in [2.05, 4.69) is 28.3 Å². The molecule has 146 valence electrons. The number of rotatable bonds is 6. The minimum absolute atomic E-state index is 0.108. The highest BCUT2D eigenvalue weighted by Gasteiger charge is 2.29.